The molecule has 11 heteroatoms. The Balaban J connectivity index is 0.00000441. The smallest absolute Gasteiger partial charge is 0.329 e. The molecule has 4 rings (SSSR count). The number of fused-ring (bicyclic) bond motifs is 1. The largest absolute Gasteiger partial charge is 0.493 e. The number of ketones is 1. The van der Waals surface area contributed by atoms with E-state index >= 15 is 4.39 Å². The summed E-state index contributed by atoms with van der Waals surface area (Å²) in [5, 5.41) is 17.5. The molecule has 40 heavy (non-hydrogen) atoms. The van der Waals surface area contributed by atoms with E-state index in [0.717, 1.165) is 11.3 Å². The Hall–Kier alpha value is -3.18. The van der Waals surface area contributed by atoms with Gasteiger partial charge in [0.05, 0.1) is 32.4 Å². The van der Waals surface area contributed by atoms with Crippen molar-refractivity contribution >= 4 is 40.3 Å². The van der Waals surface area contributed by atoms with Crippen LogP contribution in [0.3, 0.4) is 0 Å². The SMILES string of the molecule is Br.COc1cc2c(c(F)c1OC)C(=N)N(CC(=O)c1cc(N3CCC(OCC(=O)O)CC3)cc(C(C)(C)C)c1)C2. The molecule has 1 saturated heterocycles. The van der Waals surface area contributed by atoms with Gasteiger partial charge in [0, 0.05) is 30.9 Å². The third-order valence-corrected chi connectivity index (χ3v) is 7.30. The number of nitrogens with one attached hydrogen (secondary N) is 1. The highest BCUT2D eigenvalue weighted by molar-refractivity contribution is 8.93. The van der Waals surface area contributed by atoms with Crippen LogP contribution >= 0.6 is 17.0 Å². The molecule has 0 unspecified atom stereocenters. The van der Waals surface area contributed by atoms with Gasteiger partial charge >= 0.3 is 5.97 Å². The van der Waals surface area contributed by atoms with Crippen molar-refractivity contribution in [1.82, 2.24) is 4.90 Å². The molecule has 0 spiro atoms. The Kier molecular flexibility index (Phi) is 9.84. The second-order valence-corrected chi connectivity index (χ2v) is 11.0. The summed E-state index contributed by atoms with van der Waals surface area (Å²) in [7, 11) is 2.77. The van der Waals surface area contributed by atoms with Gasteiger partial charge in [-0.1, -0.05) is 20.8 Å². The Morgan fingerprint density at radius 3 is 2.35 bits per heavy atom. The number of rotatable bonds is 9. The maximum absolute atomic E-state index is 15.2. The summed E-state index contributed by atoms with van der Waals surface area (Å²) < 4.78 is 31.0. The molecule has 0 bridgehead atoms. The Bertz CT molecular complexity index is 1290. The number of hydrogen-bond donors (Lipinski definition) is 2. The molecule has 2 aliphatic heterocycles. The minimum atomic E-state index is -0.978. The number of carboxylic acid groups (broad SMARTS) is 1. The average Bonchev–Trinajstić information content (AvgIpc) is 3.21. The lowest BCUT2D eigenvalue weighted by Gasteiger charge is -2.34. The predicted molar refractivity (Wildman–Crippen MR) is 155 cm³/mol. The van der Waals surface area contributed by atoms with Crippen LogP contribution < -0.4 is 14.4 Å². The highest BCUT2D eigenvalue weighted by Gasteiger charge is 2.33. The second-order valence-electron chi connectivity index (χ2n) is 11.0. The number of amidine groups is 1. The van der Waals surface area contributed by atoms with E-state index in [2.05, 4.69) is 31.7 Å². The molecule has 0 amide bonds. The number of carbonyl (C=O) groups excluding carboxylic acids is 1. The van der Waals surface area contributed by atoms with Gasteiger partial charge in [-0.3, -0.25) is 10.2 Å². The molecule has 1 fully saturated rings. The minimum Gasteiger partial charge on any atom is -0.493 e. The molecule has 2 heterocycles. The van der Waals surface area contributed by atoms with E-state index in [-0.39, 0.29) is 76.9 Å². The number of anilines is 1. The highest BCUT2D eigenvalue weighted by atomic mass is 79.9. The third-order valence-electron chi connectivity index (χ3n) is 7.30. The molecule has 2 N–H and O–H groups in total. The number of halogens is 2. The average molecular weight is 623 g/mol. The van der Waals surface area contributed by atoms with E-state index in [1.165, 1.54) is 14.2 Å². The lowest BCUT2D eigenvalue weighted by atomic mass is 9.85. The normalized spacial score (nSPS) is 15.5. The topological polar surface area (TPSA) is 112 Å². The van der Waals surface area contributed by atoms with Crippen LogP contribution in [0.5, 0.6) is 11.5 Å². The fourth-order valence-corrected chi connectivity index (χ4v) is 5.08. The van der Waals surface area contributed by atoms with Gasteiger partial charge in [-0.05, 0) is 53.6 Å². The summed E-state index contributed by atoms with van der Waals surface area (Å²) >= 11 is 0. The Morgan fingerprint density at radius 2 is 1.77 bits per heavy atom. The Labute approximate surface area is 244 Å². The number of piperidine rings is 1. The lowest BCUT2D eigenvalue weighted by molar-refractivity contribution is -0.144. The predicted octanol–water partition coefficient (Wildman–Crippen LogP) is 4.81. The number of aliphatic carboxylic acids is 1. The third kappa shape index (κ3) is 6.58. The number of ether oxygens (including phenoxy) is 3. The zero-order chi connectivity index (χ0) is 28.5. The summed E-state index contributed by atoms with van der Waals surface area (Å²) in [4.78, 5) is 28.1. The quantitative estimate of drug-likeness (QED) is 0.384. The molecule has 9 nitrogen and oxygen atoms in total. The van der Waals surface area contributed by atoms with E-state index in [1.54, 1.807) is 11.0 Å². The molecule has 218 valence electrons. The molecule has 0 atom stereocenters. The molecular weight excluding hydrogens is 585 g/mol. The summed E-state index contributed by atoms with van der Waals surface area (Å²) in [5.41, 5.74) is 2.94. The second kappa shape index (κ2) is 12.6. The van der Waals surface area contributed by atoms with Crippen LogP contribution in [0.4, 0.5) is 10.1 Å². The molecule has 0 aromatic heterocycles. The van der Waals surface area contributed by atoms with Crippen molar-refractivity contribution in [2.45, 2.75) is 51.7 Å². The van der Waals surface area contributed by atoms with Crippen LogP contribution in [0, 0.1) is 11.2 Å². The number of benzene rings is 2. The van der Waals surface area contributed by atoms with Crippen molar-refractivity contribution in [3.05, 3.63) is 52.3 Å². The minimum absolute atomic E-state index is 0. The van der Waals surface area contributed by atoms with Gasteiger partial charge in [-0.25, -0.2) is 9.18 Å². The van der Waals surface area contributed by atoms with Crippen molar-refractivity contribution < 1.29 is 33.3 Å². The van der Waals surface area contributed by atoms with Gasteiger partial charge in [-0.2, -0.15) is 0 Å². The zero-order valence-corrected chi connectivity index (χ0v) is 25.2. The van der Waals surface area contributed by atoms with Gasteiger partial charge < -0.3 is 29.1 Å². The summed E-state index contributed by atoms with van der Waals surface area (Å²) in [6.45, 7) is 7.46. The molecule has 0 radical (unpaired) electrons. The van der Waals surface area contributed by atoms with Gasteiger partial charge in [0.2, 0.25) is 0 Å². The number of Topliss-reactive ketones (excluding diaryl/α,β-unsaturated/α-hetero) is 1. The van der Waals surface area contributed by atoms with E-state index in [9.17, 15) is 9.59 Å². The number of hydrogen-bond acceptors (Lipinski definition) is 7. The van der Waals surface area contributed by atoms with Gasteiger partial charge in [0.15, 0.2) is 23.1 Å². The molecule has 2 aromatic rings. The first-order valence-electron chi connectivity index (χ1n) is 13.0. The molecule has 2 aliphatic rings. The van der Waals surface area contributed by atoms with E-state index in [4.69, 9.17) is 24.7 Å². The fourth-order valence-electron chi connectivity index (χ4n) is 5.08. The zero-order valence-electron chi connectivity index (χ0n) is 23.5. The monoisotopic (exact) mass is 621 g/mol. The van der Waals surface area contributed by atoms with E-state index in [1.807, 2.05) is 12.1 Å². The van der Waals surface area contributed by atoms with Crippen molar-refractivity contribution in [3.8, 4) is 11.5 Å². The number of carbonyl (C=O) groups is 2. The summed E-state index contributed by atoms with van der Waals surface area (Å²) in [5.74, 6) is -1.69. The van der Waals surface area contributed by atoms with Crippen molar-refractivity contribution in [2.75, 3.05) is 45.4 Å². The van der Waals surface area contributed by atoms with Gasteiger partial charge in [0.1, 0.15) is 12.4 Å². The van der Waals surface area contributed by atoms with E-state index in [0.29, 0.717) is 37.1 Å². The van der Waals surface area contributed by atoms with Crippen molar-refractivity contribution in [2.24, 2.45) is 0 Å². The maximum Gasteiger partial charge on any atom is 0.329 e. The number of carboxylic acids is 1. The van der Waals surface area contributed by atoms with Crippen LogP contribution in [-0.4, -0.2) is 74.2 Å². The highest BCUT2D eigenvalue weighted by Crippen LogP contribution is 2.38. The summed E-state index contributed by atoms with van der Waals surface area (Å²) in [6.07, 6.45) is 1.28. The first-order chi connectivity index (χ1) is 18.4. The summed E-state index contributed by atoms with van der Waals surface area (Å²) in [6, 6.07) is 7.51. The van der Waals surface area contributed by atoms with Crippen molar-refractivity contribution in [3.63, 3.8) is 0 Å². The van der Waals surface area contributed by atoms with Crippen LogP contribution in [0.2, 0.25) is 0 Å². The first-order valence-corrected chi connectivity index (χ1v) is 13.0. The van der Waals surface area contributed by atoms with Gasteiger partial charge in [0.25, 0.3) is 0 Å². The number of nitrogens with zero attached hydrogens (tertiary/aromatic N) is 2. The van der Waals surface area contributed by atoms with Crippen LogP contribution in [0.15, 0.2) is 24.3 Å². The molecule has 0 saturated carbocycles. The molecule has 2 aromatic carbocycles. The van der Waals surface area contributed by atoms with E-state index < -0.39 is 11.8 Å². The lowest BCUT2D eigenvalue weighted by Crippen LogP contribution is -2.38. The number of methoxy groups -OCH3 is 2. The van der Waals surface area contributed by atoms with Crippen LogP contribution in [-0.2, 0) is 21.5 Å². The molecular formula is C29H37BrFN3O6. The Morgan fingerprint density at radius 1 is 1.10 bits per heavy atom. The van der Waals surface area contributed by atoms with Crippen LogP contribution in [0.1, 0.15) is 60.7 Å². The van der Waals surface area contributed by atoms with Gasteiger partial charge in [-0.15, -0.1) is 17.0 Å². The standard InChI is InChI=1S/C29H36FN3O6.BrH/c1-29(2,3)19-10-17(11-20(13-19)32-8-6-21(7-9-32)39-16-24(35)36)22(34)15-33-14-18-12-23(37-4)27(38-5)26(30)25(18)28(33)31;/h10-13,21,31H,6-9,14-16H2,1-5H3,(H,35,36);1H. The maximum atomic E-state index is 15.2. The molecule has 0 aliphatic carbocycles. The first kappa shape index (κ1) is 31.3. The van der Waals surface area contributed by atoms with Crippen molar-refractivity contribution in [1.29, 1.82) is 5.41 Å². The fraction of sp³-hybridized carbons (Fsp3) is 0.483. The van der Waals surface area contributed by atoms with Crippen LogP contribution in [0.25, 0.3) is 0 Å².